The second-order valence-corrected chi connectivity index (χ2v) is 5.56. The molecule has 0 aromatic heterocycles. The van der Waals surface area contributed by atoms with Gasteiger partial charge in [-0.25, -0.2) is 0 Å². The SMILES string of the molecule is CC1Cc2ccccc2N(Cc2ccc(N)cc2)C1. The van der Waals surface area contributed by atoms with Gasteiger partial charge < -0.3 is 10.6 Å². The van der Waals surface area contributed by atoms with Gasteiger partial charge in [0, 0.05) is 24.5 Å². The predicted octanol–water partition coefficient (Wildman–Crippen LogP) is 3.47. The summed E-state index contributed by atoms with van der Waals surface area (Å²) in [7, 11) is 0. The number of fused-ring (bicyclic) bond motifs is 1. The van der Waals surface area contributed by atoms with Gasteiger partial charge in [-0.2, -0.15) is 0 Å². The smallest absolute Gasteiger partial charge is 0.0429 e. The average Bonchev–Trinajstić information content (AvgIpc) is 2.41. The first-order valence-corrected chi connectivity index (χ1v) is 6.89. The van der Waals surface area contributed by atoms with E-state index < -0.39 is 0 Å². The Labute approximate surface area is 114 Å². The maximum atomic E-state index is 5.74. The third kappa shape index (κ3) is 2.58. The fraction of sp³-hybridized carbons (Fsp3) is 0.294. The van der Waals surface area contributed by atoms with E-state index in [2.05, 4.69) is 48.2 Å². The van der Waals surface area contributed by atoms with E-state index in [1.165, 1.54) is 23.2 Å². The lowest BCUT2D eigenvalue weighted by atomic mass is 9.93. The highest BCUT2D eigenvalue weighted by atomic mass is 15.1. The molecule has 0 aliphatic carbocycles. The average molecular weight is 252 g/mol. The molecule has 2 aromatic rings. The molecule has 1 heterocycles. The van der Waals surface area contributed by atoms with Crippen molar-refractivity contribution in [1.82, 2.24) is 0 Å². The van der Waals surface area contributed by atoms with E-state index in [0.29, 0.717) is 5.92 Å². The van der Waals surface area contributed by atoms with Gasteiger partial charge in [0.25, 0.3) is 0 Å². The summed E-state index contributed by atoms with van der Waals surface area (Å²) in [4.78, 5) is 2.48. The first-order chi connectivity index (χ1) is 9.22. The molecule has 2 N–H and O–H groups in total. The van der Waals surface area contributed by atoms with Crippen molar-refractivity contribution in [1.29, 1.82) is 0 Å². The molecule has 2 aromatic carbocycles. The van der Waals surface area contributed by atoms with Crippen molar-refractivity contribution < 1.29 is 0 Å². The molecule has 0 fully saturated rings. The highest BCUT2D eigenvalue weighted by molar-refractivity contribution is 5.56. The molecule has 0 radical (unpaired) electrons. The predicted molar refractivity (Wildman–Crippen MR) is 81.2 cm³/mol. The van der Waals surface area contributed by atoms with Crippen molar-refractivity contribution in [2.75, 3.05) is 17.2 Å². The molecule has 2 heteroatoms. The summed E-state index contributed by atoms with van der Waals surface area (Å²) in [5, 5.41) is 0. The van der Waals surface area contributed by atoms with E-state index in [4.69, 9.17) is 5.73 Å². The van der Waals surface area contributed by atoms with Crippen LogP contribution in [0.1, 0.15) is 18.1 Å². The maximum absolute atomic E-state index is 5.74. The number of nitrogens with zero attached hydrogens (tertiary/aromatic N) is 1. The van der Waals surface area contributed by atoms with Gasteiger partial charge in [0.05, 0.1) is 0 Å². The standard InChI is InChI=1S/C17H20N2/c1-13-10-15-4-2-3-5-17(15)19(11-13)12-14-6-8-16(18)9-7-14/h2-9,13H,10-12,18H2,1H3. The van der Waals surface area contributed by atoms with Crippen LogP contribution in [0.3, 0.4) is 0 Å². The molecule has 2 nitrogen and oxygen atoms in total. The van der Waals surface area contributed by atoms with Gasteiger partial charge in [-0.15, -0.1) is 0 Å². The lowest BCUT2D eigenvalue weighted by Crippen LogP contribution is -2.33. The van der Waals surface area contributed by atoms with Crippen LogP contribution in [0.5, 0.6) is 0 Å². The number of para-hydroxylation sites is 1. The van der Waals surface area contributed by atoms with E-state index in [0.717, 1.165) is 18.8 Å². The van der Waals surface area contributed by atoms with Crippen molar-refractivity contribution in [3.05, 3.63) is 59.7 Å². The Morgan fingerprint density at radius 3 is 2.63 bits per heavy atom. The van der Waals surface area contributed by atoms with Gasteiger partial charge in [-0.1, -0.05) is 37.3 Å². The number of hydrogen-bond donors (Lipinski definition) is 1. The summed E-state index contributed by atoms with van der Waals surface area (Å²) >= 11 is 0. The lowest BCUT2D eigenvalue weighted by molar-refractivity contribution is 0.530. The van der Waals surface area contributed by atoms with E-state index in [1.54, 1.807) is 0 Å². The van der Waals surface area contributed by atoms with Crippen LogP contribution in [-0.4, -0.2) is 6.54 Å². The zero-order chi connectivity index (χ0) is 13.2. The van der Waals surface area contributed by atoms with E-state index in [1.807, 2.05) is 12.1 Å². The van der Waals surface area contributed by atoms with Crippen LogP contribution in [0.15, 0.2) is 48.5 Å². The Balaban J connectivity index is 1.86. The second kappa shape index (κ2) is 4.96. The molecule has 3 rings (SSSR count). The van der Waals surface area contributed by atoms with Gasteiger partial charge in [-0.05, 0) is 41.7 Å². The van der Waals surface area contributed by atoms with Crippen molar-refractivity contribution >= 4 is 11.4 Å². The van der Waals surface area contributed by atoms with E-state index in [9.17, 15) is 0 Å². The van der Waals surface area contributed by atoms with Gasteiger partial charge in [0.1, 0.15) is 0 Å². The zero-order valence-electron chi connectivity index (χ0n) is 11.3. The van der Waals surface area contributed by atoms with Gasteiger partial charge in [0.2, 0.25) is 0 Å². The van der Waals surface area contributed by atoms with Crippen LogP contribution in [0, 0.1) is 5.92 Å². The summed E-state index contributed by atoms with van der Waals surface area (Å²) in [6.45, 7) is 4.41. The molecular weight excluding hydrogens is 232 g/mol. The molecule has 0 amide bonds. The molecule has 1 aliphatic heterocycles. The fourth-order valence-corrected chi connectivity index (χ4v) is 2.90. The van der Waals surface area contributed by atoms with Crippen LogP contribution in [-0.2, 0) is 13.0 Å². The van der Waals surface area contributed by atoms with Gasteiger partial charge >= 0.3 is 0 Å². The zero-order valence-corrected chi connectivity index (χ0v) is 11.3. The van der Waals surface area contributed by atoms with Crippen LogP contribution >= 0.6 is 0 Å². The summed E-state index contributed by atoms with van der Waals surface area (Å²) in [5.74, 6) is 0.712. The number of hydrogen-bond acceptors (Lipinski definition) is 2. The minimum atomic E-state index is 0.712. The fourth-order valence-electron chi connectivity index (χ4n) is 2.90. The van der Waals surface area contributed by atoms with Crippen molar-refractivity contribution in [2.45, 2.75) is 19.9 Å². The topological polar surface area (TPSA) is 29.3 Å². The Morgan fingerprint density at radius 1 is 1.11 bits per heavy atom. The molecule has 0 bridgehead atoms. The molecule has 0 saturated carbocycles. The Kier molecular flexibility index (Phi) is 3.16. The van der Waals surface area contributed by atoms with Crippen molar-refractivity contribution in [2.24, 2.45) is 5.92 Å². The molecule has 1 unspecified atom stereocenters. The molecule has 1 atom stereocenters. The van der Waals surface area contributed by atoms with Crippen LogP contribution in [0.25, 0.3) is 0 Å². The number of anilines is 2. The lowest BCUT2D eigenvalue weighted by Gasteiger charge is -2.35. The normalized spacial score (nSPS) is 18.2. The molecule has 0 spiro atoms. The van der Waals surface area contributed by atoms with Crippen molar-refractivity contribution in [3.8, 4) is 0 Å². The summed E-state index contributed by atoms with van der Waals surface area (Å²) in [6, 6.07) is 17.0. The minimum Gasteiger partial charge on any atom is -0.399 e. The van der Waals surface area contributed by atoms with Gasteiger partial charge in [-0.3, -0.25) is 0 Å². The first-order valence-electron chi connectivity index (χ1n) is 6.89. The monoisotopic (exact) mass is 252 g/mol. The highest BCUT2D eigenvalue weighted by Crippen LogP contribution is 2.30. The van der Waals surface area contributed by atoms with Gasteiger partial charge in [0.15, 0.2) is 0 Å². The number of rotatable bonds is 2. The Morgan fingerprint density at radius 2 is 1.84 bits per heavy atom. The Bertz CT molecular complexity index is 560. The Hall–Kier alpha value is -1.96. The second-order valence-electron chi connectivity index (χ2n) is 5.56. The molecule has 98 valence electrons. The minimum absolute atomic E-state index is 0.712. The van der Waals surface area contributed by atoms with E-state index in [-0.39, 0.29) is 0 Å². The van der Waals surface area contributed by atoms with Crippen LogP contribution < -0.4 is 10.6 Å². The largest absolute Gasteiger partial charge is 0.399 e. The quantitative estimate of drug-likeness (QED) is 0.829. The summed E-state index contributed by atoms with van der Waals surface area (Å²) in [6.07, 6.45) is 1.19. The molecule has 0 saturated heterocycles. The van der Waals surface area contributed by atoms with Crippen molar-refractivity contribution in [3.63, 3.8) is 0 Å². The third-order valence-corrected chi connectivity index (χ3v) is 3.79. The highest BCUT2D eigenvalue weighted by Gasteiger charge is 2.21. The molecular formula is C17H20N2. The maximum Gasteiger partial charge on any atom is 0.0429 e. The third-order valence-electron chi connectivity index (χ3n) is 3.79. The number of nitrogens with two attached hydrogens (primary N) is 1. The number of benzene rings is 2. The summed E-state index contributed by atoms with van der Waals surface area (Å²) in [5.41, 5.74) is 10.7. The van der Waals surface area contributed by atoms with Crippen LogP contribution in [0.4, 0.5) is 11.4 Å². The van der Waals surface area contributed by atoms with E-state index >= 15 is 0 Å². The van der Waals surface area contributed by atoms with Crippen LogP contribution in [0.2, 0.25) is 0 Å². The molecule has 1 aliphatic rings. The summed E-state index contributed by atoms with van der Waals surface area (Å²) < 4.78 is 0. The molecule has 19 heavy (non-hydrogen) atoms. The first kappa shape index (κ1) is 12.1. The number of nitrogen functional groups attached to an aromatic ring is 1.